The standard InChI is InChI=1S/C17H24O3/c1-4-5-6-7-16(17-11-19-17)20-14-8-9-15(13(3)18)12(2)10-14/h8-10,16-17H,4-7,11H2,1-3H3. The quantitative estimate of drug-likeness (QED) is 0.410. The molecule has 1 aromatic carbocycles. The number of epoxide rings is 1. The van der Waals surface area contributed by atoms with E-state index in [0.29, 0.717) is 0 Å². The average molecular weight is 276 g/mol. The van der Waals surface area contributed by atoms with Crippen LogP contribution in [-0.4, -0.2) is 24.6 Å². The largest absolute Gasteiger partial charge is 0.488 e. The highest BCUT2D eigenvalue weighted by Gasteiger charge is 2.34. The Kier molecular flexibility index (Phi) is 5.18. The zero-order chi connectivity index (χ0) is 14.5. The van der Waals surface area contributed by atoms with Gasteiger partial charge < -0.3 is 9.47 Å². The normalized spacial score (nSPS) is 18.6. The maximum atomic E-state index is 11.4. The molecule has 1 aliphatic heterocycles. The summed E-state index contributed by atoms with van der Waals surface area (Å²) < 4.78 is 11.5. The van der Waals surface area contributed by atoms with E-state index >= 15 is 0 Å². The number of Topliss-reactive ketones (excluding diaryl/α,β-unsaturated/α-hetero) is 1. The molecule has 3 nitrogen and oxygen atoms in total. The van der Waals surface area contributed by atoms with Crippen molar-refractivity contribution in [3.05, 3.63) is 29.3 Å². The van der Waals surface area contributed by atoms with Gasteiger partial charge in [0.2, 0.25) is 0 Å². The molecule has 0 aliphatic carbocycles. The van der Waals surface area contributed by atoms with Crippen LogP contribution < -0.4 is 4.74 Å². The number of aryl methyl sites for hydroxylation is 1. The van der Waals surface area contributed by atoms with Crippen LogP contribution in [-0.2, 0) is 4.74 Å². The summed E-state index contributed by atoms with van der Waals surface area (Å²) in [7, 11) is 0. The Labute approximate surface area is 121 Å². The highest BCUT2D eigenvalue weighted by Crippen LogP contribution is 2.26. The van der Waals surface area contributed by atoms with Gasteiger partial charge in [-0.15, -0.1) is 0 Å². The molecule has 1 fully saturated rings. The lowest BCUT2D eigenvalue weighted by atomic mass is 10.0. The molecule has 2 atom stereocenters. The Morgan fingerprint density at radius 2 is 2.20 bits per heavy atom. The molecule has 3 heteroatoms. The molecule has 0 bridgehead atoms. The SMILES string of the molecule is CCCCCC(Oc1ccc(C(C)=O)c(C)c1)C1CO1. The molecule has 0 saturated carbocycles. The minimum absolute atomic E-state index is 0.0964. The van der Waals surface area contributed by atoms with E-state index in [1.807, 2.05) is 25.1 Å². The number of hydrogen-bond acceptors (Lipinski definition) is 3. The maximum absolute atomic E-state index is 11.4. The molecule has 2 rings (SSSR count). The Bertz CT molecular complexity index is 463. The van der Waals surface area contributed by atoms with Crippen LogP contribution in [0.15, 0.2) is 18.2 Å². The second kappa shape index (κ2) is 6.89. The molecule has 2 unspecified atom stereocenters. The zero-order valence-corrected chi connectivity index (χ0v) is 12.6. The van der Waals surface area contributed by atoms with Crippen LogP contribution >= 0.6 is 0 Å². The minimum Gasteiger partial charge on any atom is -0.488 e. The van der Waals surface area contributed by atoms with E-state index < -0.39 is 0 Å². The Morgan fingerprint density at radius 1 is 1.45 bits per heavy atom. The monoisotopic (exact) mass is 276 g/mol. The summed E-state index contributed by atoms with van der Waals surface area (Å²) in [6.45, 7) is 6.55. The number of rotatable bonds is 8. The van der Waals surface area contributed by atoms with E-state index in [1.165, 1.54) is 19.3 Å². The molecule has 1 aliphatic rings. The average Bonchev–Trinajstić information content (AvgIpc) is 3.21. The fourth-order valence-electron chi connectivity index (χ4n) is 2.47. The first-order valence-corrected chi connectivity index (χ1v) is 7.51. The summed E-state index contributed by atoms with van der Waals surface area (Å²) in [6, 6.07) is 5.69. The van der Waals surface area contributed by atoms with E-state index in [4.69, 9.17) is 9.47 Å². The number of ketones is 1. The van der Waals surface area contributed by atoms with E-state index in [-0.39, 0.29) is 18.0 Å². The predicted octanol–water partition coefficient (Wildman–Crippen LogP) is 3.92. The second-order valence-corrected chi connectivity index (χ2v) is 5.56. The lowest BCUT2D eigenvalue weighted by Gasteiger charge is -2.18. The van der Waals surface area contributed by atoms with Crippen molar-refractivity contribution >= 4 is 5.78 Å². The highest BCUT2D eigenvalue weighted by atomic mass is 16.6. The molecule has 0 N–H and O–H groups in total. The van der Waals surface area contributed by atoms with Crippen molar-refractivity contribution in [1.29, 1.82) is 0 Å². The molecular formula is C17H24O3. The molecule has 0 amide bonds. The fourth-order valence-corrected chi connectivity index (χ4v) is 2.47. The van der Waals surface area contributed by atoms with E-state index in [1.54, 1.807) is 6.92 Å². The summed E-state index contributed by atoms with van der Waals surface area (Å²) in [5.74, 6) is 0.934. The van der Waals surface area contributed by atoms with Gasteiger partial charge in [0, 0.05) is 5.56 Å². The summed E-state index contributed by atoms with van der Waals surface area (Å²) in [4.78, 5) is 11.4. The number of ether oxygens (including phenoxy) is 2. The summed E-state index contributed by atoms with van der Waals surface area (Å²) >= 11 is 0. The van der Waals surface area contributed by atoms with Gasteiger partial charge in [-0.2, -0.15) is 0 Å². The van der Waals surface area contributed by atoms with Crippen LogP contribution in [0.1, 0.15) is 55.5 Å². The van der Waals surface area contributed by atoms with E-state index in [2.05, 4.69) is 6.92 Å². The Morgan fingerprint density at radius 3 is 2.75 bits per heavy atom. The number of carbonyl (C=O) groups excluding carboxylic acids is 1. The first-order chi connectivity index (χ1) is 9.61. The molecular weight excluding hydrogens is 252 g/mol. The van der Waals surface area contributed by atoms with Crippen LogP contribution in [0.5, 0.6) is 5.75 Å². The lowest BCUT2D eigenvalue weighted by Crippen LogP contribution is -2.23. The maximum Gasteiger partial charge on any atom is 0.160 e. The second-order valence-electron chi connectivity index (χ2n) is 5.56. The van der Waals surface area contributed by atoms with E-state index in [9.17, 15) is 4.79 Å². The fraction of sp³-hybridized carbons (Fsp3) is 0.588. The third-order valence-electron chi connectivity index (χ3n) is 3.73. The van der Waals surface area contributed by atoms with Gasteiger partial charge in [0.05, 0.1) is 6.61 Å². The van der Waals surface area contributed by atoms with Crippen LogP contribution in [0.2, 0.25) is 0 Å². The van der Waals surface area contributed by atoms with Gasteiger partial charge in [0.1, 0.15) is 18.0 Å². The number of unbranched alkanes of at least 4 members (excludes halogenated alkanes) is 2. The summed E-state index contributed by atoms with van der Waals surface area (Å²) in [5.41, 5.74) is 1.74. The van der Waals surface area contributed by atoms with Gasteiger partial charge >= 0.3 is 0 Å². The van der Waals surface area contributed by atoms with Crippen molar-refractivity contribution in [2.24, 2.45) is 0 Å². The zero-order valence-electron chi connectivity index (χ0n) is 12.6. The van der Waals surface area contributed by atoms with Crippen LogP contribution in [0.25, 0.3) is 0 Å². The van der Waals surface area contributed by atoms with Crippen molar-refractivity contribution in [2.45, 2.75) is 58.7 Å². The van der Waals surface area contributed by atoms with Gasteiger partial charge in [-0.05, 0) is 50.5 Å². The Balaban J connectivity index is 1.99. The van der Waals surface area contributed by atoms with Gasteiger partial charge in [-0.3, -0.25) is 4.79 Å². The van der Waals surface area contributed by atoms with Crippen molar-refractivity contribution in [1.82, 2.24) is 0 Å². The van der Waals surface area contributed by atoms with Crippen molar-refractivity contribution in [3.8, 4) is 5.75 Å². The molecule has 0 radical (unpaired) electrons. The third-order valence-corrected chi connectivity index (χ3v) is 3.73. The molecule has 1 heterocycles. The first kappa shape index (κ1) is 15.0. The third kappa shape index (κ3) is 4.07. The van der Waals surface area contributed by atoms with Crippen molar-refractivity contribution < 1.29 is 14.3 Å². The molecule has 0 aromatic heterocycles. The number of benzene rings is 1. The van der Waals surface area contributed by atoms with Gasteiger partial charge in [-0.25, -0.2) is 0 Å². The smallest absolute Gasteiger partial charge is 0.160 e. The Hall–Kier alpha value is -1.35. The molecule has 20 heavy (non-hydrogen) atoms. The number of carbonyl (C=O) groups is 1. The molecule has 1 aromatic rings. The van der Waals surface area contributed by atoms with E-state index in [0.717, 1.165) is 29.9 Å². The van der Waals surface area contributed by atoms with Crippen LogP contribution in [0, 0.1) is 6.92 Å². The molecule has 110 valence electrons. The van der Waals surface area contributed by atoms with Crippen LogP contribution in [0.3, 0.4) is 0 Å². The lowest BCUT2D eigenvalue weighted by molar-refractivity contribution is 0.101. The first-order valence-electron chi connectivity index (χ1n) is 7.51. The highest BCUT2D eigenvalue weighted by molar-refractivity contribution is 5.95. The summed E-state index contributed by atoms with van der Waals surface area (Å²) in [6.07, 6.45) is 5.04. The van der Waals surface area contributed by atoms with Crippen molar-refractivity contribution in [2.75, 3.05) is 6.61 Å². The van der Waals surface area contributed by atoms with Gasteiger partial charge in [0.25, 0.3) is 0 Å². The van der Waals surface area contributed by atoms with Crippen molar-refractivity contribution in [3.63, 3.8) is 0 Å². The predicted molar refractivity (Wildman–Crippen MR) is 79.5 cm³/mol. The molecule has 1 saturated heterocycles. The van der Waals surface area contributed by atoms with Gasteiger partial charge in [-0.1, -0.05) is 19.8 Å². The van der Waals surface area contributed by atoms with Crippen LogP contribution in [0.4, 0.5) is 0 Å². The minimum atomic E-state index is 0.0964. The molecule has 0 spiro atoms. The number of hydrogen-bond donors (Lipinski definition) is 0. The summed E-state index contributed by atoms with van der Waals surface area (Å²) in [5, 5.41) is 0. The topological polar surface area (TPSA) is 38.8 Å². The van der Waals surface area contributed by atoms with Gasteiger partial charge in [0.15, 0.2) is 5.78 Å².